The van der Waals surface area contributed by atoms with E-state index in [2.05, 4.69) is 65.3 Å². The maximum atomic E-state index is 10.1. The summed E-state index contributed by atoms with van der Waals surface area (Å²) >= 11 is 0. The van der Waals surface area contributed by atoms with Gasteiger partial charge >= 0.3 is 0 Å². The van der Waals surface area contributed by atoms with E-state index < -0.39 is 0 Å². The summed E-state index contributed by atoms with van der Waals surface area (Å²) in [4.78, 5) is 7.26. The van der Waals surface area contributed by atoms with Crippen molar-refractivity contribution in [2.75, 3.05) is 73.1 Å². The van der Waals surface area contributed by atoms with Crippen molar-refractivity contribution < 1.29 is 9.84 Å². The molecule has 0 bridgehead atoms. The summed E-state index contributed by atoms with van der Waals surface area (Å²) in [7, 11) is 4.37. The van der Waals surface area contributed by atoms with Crippen molar-refractivity contribution in [3.05, 3.63) is 29.8 Å². The fourth-order valence-corrected chi connectivity index (χ4v) is 5.31. The lowest BCUT2D eigenvalue weighted by molar-refractivity contribution is 0.133. The van der Waals surface area contributed by atoms with Gasteiger partial charge in [-0.05, 0) is 38.9 Å². The fraction of sp³-hybridized carbons (Fsp3) is 0.727. The average molecular weight is 389 g/mol. The van der Waals surface area contributed by atoms with E-state index >= 15 is 0 Å². The van der Waals surface area contributed by atoms with Crippen molar-refractivity contribution in [2.24, 2.45) is 11.8 Å². The molecule has 0 radical (unpaired) electrons. The van der Waals surface area contributed by atoms with Crippen molar-refractivity contribution >= 4 is 0 Å². The predicted octanol–water partition coefficient (Wildman–Crippen LogP) is 0.886. The first-order valence-electron chi connectivity index (χ1n) is 10.7. The van der Waals surface area contributed by atoms with E-state index in [-0.39, 0.29) is 18.2 Å². The second-order valence-electron chi connectivity index (χ2n) is 9.22. The van der Waals surface area contributed by atoms with Crippen LogP contribution < -0.4 is 10.1 Å². The maximum absolute atomic E-state index is 10.1. The number of hydrogen-bond donors (Lipinski definition) is 2. The topological polar surface area (TPSA) is 51.2 Å². The number of aliphatic hydroxyl groups is 1. The van der Waals surface area contributed by atoms with Crippen molar-refractivity contribution in [1.29, 1.82) is 0 Å². The van der Waals surface area contributed by atoms with Gasteiger partial charge in [-0.3, -0.25) is 4.90 Å². The van der Waals surface area contributed by atoms with Gasteiger partial charge in [-0.1, -0.05) is 18.2 Å². The second kappa shape index (κ2) is 8.28. The molecule has 0 aromatic heterocycles. The highest BCUT2D eigenvalue weighted by Gasteiger charge is 2.54. The molecule has 3 fully saturated rings. The quantitative estimate of drug-likeness (QED) is 0.755. The zero-order valence-electron chi connectivity index (χ0n) is 17.6. The van der Waals surface area contributed by atoms with Gasteiger partial charge in [0.2, 0.25) is 0 Å². The number of nitrogens with zero attached hydrogens (tertiary/aromatic N) is 3. The summed E-state index contributed by atoms with van der Waals surface area (Å²) in [6.07, 6.45) is 0. The molecule has 28 heavy (non-hydrogen) atoms. The Labute approximate surface area is 169 Å². The summed E-state index contributed by atoms with van der Waals surface area (Å²) < 4.78 is 6.28. The van der Waals surface area contributed by atoms with Gasteiger partial charge in [0.1, 0.15) is 12.4 Å². The summed E-state index contributed by atoms with van der Waals surface area (Å²) in [5, 5.41) is 13.8. The van der Waals surface area contributed by atoms with Crippen LogP contribution in [-0.2, 0) is 0 Å². The summed E-state index contributed by atoms with van der Waals surface area (Å²) in [5.74, 6) is 1.96. The normalized spacial score (nSPS) is 34.6. The third-order valence-corrected chi connectivity index (χ3v) is 7.12. The minimum absolute atomic E-state index is 0.172. The van der Waals surface area contributed by atoms with Crippen molar-refractivity contribution in [2.45, 2.75) is 18.5 Å². The van der Waals surface area contributed by atoms with E-state index in [1.165, 1.54) is 5.56 Å². The van der Waals surface area contributed by atoms with Gasteiger partial charge in [0.05, 0.1) is 6.61 Å². The fourth-order valence-electron chi connectivity index (χ4n) is 5.31. The molecule has 4 rings (SSSR count). The SMILES string of the molecule is CN1CCN(CCOc2ccccc2[C@@H]2N[C@](C)(CO)[C@@H]3CN(C)C[C@@H]32)CC1. The number of para-hydroxylation sites is 1. The Hall–Kier alpha value is -1.18. The second-order valence-corrected chi connectivity index (χ2v) is 9.22. The molecule has 1 aromatic rings. The van der Waals surface area contributed by atoms with Crippen LogP contribution in [0.1, 0.15) is 18.5 Å². The lowest BCUT2D eigenvalue weighted by Crippen LogP contribution is -2.47. The van der Waals surface area contributed by atoms with E-state index in [0.717, 1.165) is 58.2 Å². The van der Waals surface area contributed by atoms with E-state index in [1.807, 2.05) is 0 Å². The molecule has 4 atom stereocenters. The highest BCUT2D eigenvalue weighted by molar-refractivity contribution is 5.38. The average Bonchev–Trinajstić information content (AvgIpc) is 3.21. The molecule has 0 unspecified atom stereocenters. The smallest absolute Gasteiger partial charge is 0.124 e. The molecular formula is C22H36N4O2. The van der Waals surface area contributed by atoms with Gasteiger partial charge in [0.25, 0.3) is 0 Å². The molecule has 3 saturated heterocycles. The van der Waals surface area contributed by atoms with Gasteiger partial charge in [-0.25, -0.2) is 0 Å². The molecule has 0 aliphatic carbocycles. The minimum Gasteiger partial charge on any atom is -0.492 e. The molecule has 1 aromatic carbocycles. The third-order valence-electron chi connectivity index (χ3n) is 7.12. The van der Waals surface area contributed by atoms with Gasteiger partial charge in [-0.15, -0.1) is 0 Å². The number of ether oxygens (including phenoxy) is 1. The molecule has 156 valence electrons. The minimum atomic E-state index is -0.229. The van der Waals surface area contributed by atoms with Crippen molar-refractivity contribution in [1.82, 2.24) is 20.0 Å². The molecule has 0 spiro atoms. The van der Waals surface area contributed by atoms with E-state index in [0.29, 0.717) is 11.8 Å². The van der Waals surface area contributed by atoms with Crippen LogP contribution in [0, 0.1) is 11.8 Å². The number of aliphatic hydroxyl groups excluding tert-OH is 1. The number of fused-ring (bicyclic) bond motifs is 1. The van der Waals surface area contributed by atoms with E-state index in [4.69, 9.17) is 4.74 Å². The Kier molecular flexibility index (Phi) is 5.95. The number of nitrogens with one attached hydrogen (secondary N) is 1. The Balaban J connectivity index is 1.44. The first kappa shape index (κ1) is 20.1. The molecule has 3 aliphatic rings. The van der Waals surface area contributed by atoms with Crippen LogP contribution in [0.5, 0.6) is 5.75 Å². The Morgan fingerprint density at radius 1 is 1.11 bits per heavy atom. The van der Waals surface area contributed by atoms with Gasteiger partial charge in [-0.2, -0.15) is 0 Å². The number of rotatable bonds is 6. The van der Waals surface area contributed by atoms with Crippen LogP contribution in [-0.4, -0.2) is 98.5 Å². The van der Waals surface area contributed by atoms with Crippen LogP contribution >= 0.6 is 0 Å². The van der Waals surface area contributed by atoms with E-state index in [1.54, 1.807) is 0 Å². The highest BCUT2D eigenvalue weighted by Crippen LogP contribution is 2.48. The zero-order chi connectivity index (χ0) is 19.7. The Morgan fingerprint density at radius 2 is 1.86 bits per heavy atom. The van der Waals surface area contributed by atoms with Gasteiger partial charge < -0.3 is 25.0 Å². The lowest BCUT2D eigenvalue weighted by atomic mass is 9.81. The standard InChI is InChI=1S/C22H36N4O2/c1-22(16-27)19-15-25(3)14-18(19)21(23-22)17-6-4-5-7-20(17)28-13-12-26-10-8-24(2)9-11-26/h4-7,18-19,21,23,27H,8-16H2,1-3H3/t18-,19+,21-,22+/m0/s1. The number of benzene rings is 1. The van der Waals surface area contributed by atoms with Crippen molar-refractivity contribution in [3.63, 3.8) is 0 Å². The molecule has 0 amide bonds. The van der Waals surface area contributed by atoms with Crippen LogP contribution in [0.2, 0.25) is 0 Å². The van der Waals surface area contributed by atoms with Crippen LogP contribution in [0.3, 0.4) is 0 Å². The number of likely N-dealkylation sites (tertiary alicyclic amines) is 1. The number of likely N-dealkylation sites (N-methyl/N-ethyl adjacent to an activating group) is 1. The van der Waals surface area contributed by atoms with Gasteiger partial charge in [0.15, 0.2) is 0 Å². The molecule has 3 aliphatic heterocycles. The molecule has 6 nitrogen and oxygen atoms in total. The molecule has 6 heteroatoms. The van der Waals surface area contributed by atoms with E-state index in [9.17, 15) is 5.11 Å². The maximum Gasteiger partial charge on any atom is 0.124 e. The summed E-state index contributed by atoms with van der Waals surface area (Å²) in [5.41, 5.74) is 1.01. The predicted molar refractivity (Wildman–Crippen MR) is 112 cm³/mol. The molecule has 0 saturated carbocycles. The van der Waals surface area contributed by atoms with Gasteiger partial charge in [0, 0.05) is 63.0 Å². The van der Waals surface area contributed by atoms with Crippen LogP contribution in [0.25, 0.3) is 0 Å². The lowest BCUT2D eigenvalue weighted by Gasteiger charge is -2.32. The van der Waals surface area contributed by atoms with Crippen LogP contribution in [0.4, 0.5) is 0 Å². The first-order valence-corrected chi connectivity index (χ1v) is 10.7. The Bertz CT molecular complexity index is 664. The monoisotopic (exact) mass is 388 g/mol. The molecular weight excluding hydrogens is 352 g/mol. The highest BCUT2D eigenvalue weighted by atomic mass is 16.5. The first-order chi connectivity index (χ1) is 13.5. The number of hydrogen-bond acceptors (Lipinski definition) is 6. The zero-order valence-corrected chi connectivity index (χ0v) is 17.6. The van der Waals surface area contributed by atoms with Crippen LogP contribution in [0.15, 0.2) is 24.3 Å². The largest absolute Gasteiger partial charge is 0.492 e. The third kappa shape index (κ3) is 3.94. The van der Waals surface area contributed by atoms with Crippen molar-refractivity contribution in [3.8, 4) is 5.75 Å². The summed E-state index contributed by atoms with van der Waals surface area (Å²) in [6, 6.07) is 8.69. The summed E-state index contributed by atoms with van der Waals surface area (Å²) in [6.45, 7) is 10.7. The molecule has 3 heterocycles. The molecule has 2 N–H and O–H groups in total. The Morgan fingerprint density at radius 3 is 2.61 bits per heavy atom. The number of piperazine rings is 1.